The number of methoxy groups -OCH3 is 1. The van der Waals surface area contributed by atoms with Crippen molar-refractivity contribution in [2.24, 2.45) is 0 Å². The standard InChI is InChI=1S/C9H18N2O2/c1-3-11-8(12)9(13-2)4-6-10-7-5-9/h10H,3-7H2,1-2H3,(H,11,12). The molecule has 1 heterocycles. The first-order valence-corrected chi connectivity index (χ1v) is 4.79. The van der Waals surface area contributed by atoms with Crippen LogP contribution in [-0.4, -0.2) is 38.3 Å². The highest BCUT2D eigenvalue weighted by Gasteiger charge is 2.39. The molecule has 1 amide bonds. The molecule has 4 nitrogen and oxygen atoms in total. The summed E-state index contributed by atoms with van der Waals surface area (Å²) in [5, 5.41) is 6.03. The molecule has 0 spiro atoms. The topological polar surface area (TPSA) is 50.4 Å². The number of amides is 1. The van der Waals surface area contributed by atoms with Crippen molar-refractivity contribution in [2.45, 2.75) is 25.4 Å². The fourth-order valence-corrected chi connectivity index (χ4v) is 1.68. The molecule has 13 heavy (non-hydrogen) atoms. The quantitative estimate of drug-likeness (QED) is 0.646. The molecule has 0 saturated carbocycles. The van der Waals surface area contributed by atoms with Gasteiger partial charge in [0.25, 0.3) is 5.91 Å². The Kier molecular flexibility index (Phi) is 3.69. The minimum Gasteiger partial charge on any atom is -0.368 e. The summed E-state index contributed by atoms with van der Waals surface area (Å²) in [6, 6.07) is 0. The van der Waals surface area contributed by atoms with Crippen molar-refractivity contribution in [1.29, 1.82) is 0 Å². The summed E-state index contributed by atoms with van der Waals surface area (Å²) in [5.41, 5.74) is -0.582. The molecule has 0 aliphatic carbocycles. The molecule has 1 aliphatic rings. The molecule has 2 N–H and O–H groups in total. The van der Waals surface area contributed by atoms with Crippen LogP contribution in [0.2, 0.25) is 0 Å². The number of rotatable bonds is 3. The van der Waals surface area contributed by atoms with Crippen molar-refractivity contribution >= 4 is 5.91 Å². The fraction of sp³-hybridized carbons (Fsp3) is 0.889. The average molecular weight is 186 g/mol. The van der Waals surface area contributed by atoms with Crippen molar-refractivity contribution in [1.82, 2.24) is 10.6 Å². The molecule has 0 atom stereocenters. The van der Waals surface area contributed by atoms with Gasteiger partial charge in [0, 0.05) is 13.7 Å². The second-order valence-electron chi connectivity index (χ2n) is 3.31. The van der Waals surface area contributed by atoms with Crippen LogP contribution in [0.1, 0.15) is 19.8 Å². The van der Waals surface area contributed by atoms with Crippen molar-refractivity contribution in [3.63, 3.8) is 0 Å². The van der Waals surface area contributed by atoms with Gasteiger partial charge < -0.3 is 15.4 Å². The van der Waals surface area contributed by atoms with Gasteiger partial charge in [0.05, 0.1) is 0 Å². The first kappa shape index (κ1) is 10.5. The lowest BCUT2D eigenvalue weighted by atomic mass is 9.91. The second-order valence-corrected chi connectivity index (χ2v) is 3.31. The van der Waals surface area contributed by atoms with Gasteiger partial charge >= 0.3 is 0 Å². The van der Waals surface area contributed by atoms with Crippen LogP contribution in [0.25, 0.3) is 0 Å². The molecule has 0 radical (unpaired) electrons. The maximum atomic E-state index is 11.7. The minimum absolute atomic E-state index is 0.0269. The third-order valence-electron chi connectivity index (χ3n) is 2.55. The van der Waals surface area contributed by atoms with Crippen LogP contribution >= 0.6 is 0 Å². The number of nitrogens with one attached hydrogen (secondary N) is 2. The Morgan fingerprint density at radius 2 is 2.15 bits per heavy atom. The zero-order valence-electron chi connectivity index (χ0n) is 8.35. The number of hydrogen-bond donors (Lipinski definition) is 2. The van der Waals surface area contributed by atoms with E-state index < -0.39 is 5.60 Å². The second kappa shape index (κ2) is 4.58. The van der Waals surface area contributed by atoms with Gasteiger partial charge in [-0.3, -0.25) is 4.79 Å². The molecule has 0 aromatic heterocycles. The SMILES string of the molecule is CCNC(=O)C1(OC)CCNCC1. The maximum absolute atomic E-state index is 11.7. The van der Waals surface area contributed by atoms with Gasteiger partial charge in [-0.05, 0) is 32.9 Å². The highest BCUT2D eigenvalue weighted by molar-refractivity contribution is 5.85. The number of carbonyl (C=O) groups excluding carboxylic acids is 1. The normalized spacial score (nSPS) is 21.1. The molecular formula is C9H18N2O2. The number of ether oxygens (including phenoxy) is 1. The predicted octanol–water partition coefficient (Wildman–Crippen LogP) is -0.109. The fourth-order valence-electron chi connectivity index (χ4n) is 1.68. The van der Waals surface area contributed by atoms with Gasteiger partial charge in [-0.15, -0.1) is 0 Å². The van der Waals surface area contributed by atoms with Gasteiger partial charge in [-0.1, -0.05) is 0 Å². The zero-order chi connectivity index (χ0) is 9.73. The summed E-state index contributed by atoms with van der Waals surface area (Å²) in [6.07, 6.45) is 1.52. The van der Waals surface area contributed by atoms with Gasteiger partial charge in [0.2, 0.25) is 0 Å². The largest absolute Gasteiger partial charge is 0.368 e. The maximum Gasteiger partial charge on any atom is 0.252 e. The third-order valence-corrected chi connectivity index (χ3v) is 2.55. The van der Waals surface area contributed by atoms with Crippen LogP contribution in [0.3, 0.4) is 0 Å². The molecule has 0 aromatic rings. The zero-order valence-corrected chi connectivity index (χ0v) is 8.35. The van der Waals surface area contributed by atoms with E-state index in [-0.39, 0.29) is 5.91 Å². The van der Waals surface area contributed by atoms with Gasteiger partial charge in [-0.2, -0.15) is 0 Å². The Labute approximate surface area is 79.0 Å². The lowest BCUT2D eigenvalue weighted by molar-refractivity contribution is -0.146. The molecule has 76 valence electrons. The summed E-state index contributed by atoms with van der Waals surface area (Å²) >= 11 is 0. The summed E-state index contributed by atoms with van der Waals surface area (Å²) in [4.78, 5) is 11.7. The molecule has 4 heteroatoms. The van der Waals surface area contributed by atoms with Crippen molar-refractivity contribution in [3.05, 3.63) is 0 Å². The number of piperidine rings is 1. The number of carbonyl (C=O) groups is 1. The average Bonchev–Trinajstić information content (AvgIpc) is 2.19. The molecule has 0 unspecified atom stereocenters. The van der Waals surface area contributed by atoms with E-state index in [4.69, 9.17) is 4.74 Å². The summed E-state index contributed by atoms with van der Waals surface area (Å²) < 4.78 is 5.34. The monoisotopic (exact) mass is 186 g/mol. The summed E-state index contributed by atoms with van der Waals surface area (Å²) in [5.74, 6) is 0.0269. The van der Waals surface area contributed by atoms with E-state index in [0.29, 0.717) is 6.54 Å². The van der Waals surface area contributed by atoms with Crippen molar-refractivity contribution in [3.8, 4) is 0 Å². The lowest BCUT2D eigenvalue weighted by Crippen LogP contribution is -2.54. The summed E-state index contributed by atoms with van der Waals surface area (Å²) in [7, 11) is 1.61. The smallest absolute Gasteiger partial charge is 0.252 e. The summed E-state index contributed by atoms with van der Waals surface area (Å²) in [6.45, 7) is 4.29. The van der Waals surface area contributed by atoms with E-state index >= 15 is 0 Å². The number of hydrogen-bond acceptors (Lipinski definition) is 3. The Bertz CT molecular complexity index is 176. The lowest BCUT2D eigenvalue weighted by Gasteiger charge is -2.34. The van der Waals surface area contributed by atoms with Gasteiger partial charge in [-0.25, -0.2) is 0 Å². The Morgan fingerprint density at radius 1 is 1.54 bits per heavy atom. The third kappa shape index (κ3) is 2.19. The molecule has 1 aliphatic heterocycles. The van der Waals surface area contributed by atoms with Crippen LogP contribution in [0.15, 0.2) is 0 Å². The molecule has 1 fully saturated rings. The Hall–Kier alpha value is -0.610. The predicted molar refractivity (Wildman–Crippen MR) is 50.5 cm³/mol. The van der Waals surface area contributed by atoms with Crippen LogP contribution in [0.5, 0.6) is 0 Å². The van der Waals surface area contributed by atoms with E-state index in [9.17, 15) is 4.79 Å². The first-order valence-electron chi connectivity index (χ1n) is 4.79. The van der Waals surface area contributed by atoms with Crippen LogP contribution in [0, 0.1) is 0 Å². The van der Waals surface area contributed by atoms with Gasteiger partial charge in [0.15, 0.2) is 0 Å². The molecular weight excluding hydrogens is 168 g/mol. The molecule has 0 aromatic carbocycles. The van der Waals surface area contributed by atoms with E-state index in [1.165, 1.54) is 0 Å². The minimum atomic E-state index is -0.582. The molecule has 1 saturated heterocycles. The highest BCUT2D eigenvalue weighted by atomic mass is 16.5. The highest BCUT2D eigenvalue weighted by Crippen LogP contribution is 2.22. The molecule has 0 bridgehead atoms. The van der Waals surface area contributed by atoms with Crippen molar-refractivity contribution < 1.29 is 9.53 Å². The number of likely N-dealkylation sites (N-methyl/N-ethyl adjacent to an activating group) is 1. The van der Waals surface area contributed by atoms with E-state index in [0.717, 1.165) is 25.9 Å². The first-order chi connectivity index (χ1) is 6.25. The van der Waals surface area contributed by atoms with Gasteiger partial charge in [0.1, 0.15) is 5.60 Å². The Balaban J connectivity index is 2.61. The van der Waals surface area contributed by atoms with E-state index in [1.807, 2.05) is 6.92 Å². The van der Waals surface area contributed by atoms with E-state index in [1.54, 1.807) is 7.11 Å². The van der Waals surface area contributed by atoms with Crippen LogP contribution < -0.4 is 10.6 Å². The van der Waals surface area contributed by atoms with Crippen LogP contribution in [-0.2, 0) is 9.53 Å². The van der Waals surface area contributed by atoms with Crippen molar-refractivity contribution in [2.75, 3.05) is 26.7 Å². The van der Waals surface area contributed by atoms with Crippen LogP contribution in [0.4, 0.5) is 0 Å². The Morgan fingerprint density at radius 3 is 2.62 bits per heavy atom. The molecule has 1 rings (SSSR count). The van der Waals surface area contributed by atoms with E-state index in [2.05, 4.69) is 10.6 Å².